The molecule has 1 aromatic heterocycles. The first-order valence-corrected chi connectivity index (χ1v) is 10.9. The van der Waals surface area contributed by atoms with Crippen LogP contribution in [0, 0.1) is 12.7 Å². The van der Waals surface area contributed by atoms with Crippen LogP contribution in [0.25, 0.3) is 10.9 Å². The van der Waals surface area contributed by atoms with E-state index in [4.69, 9.17) is 5.73 Å². The van der Waals surface area contributed by atoms with E-state index in [1.165, 1.54) is 12.1 Å². The van der Waals surface area contributed by atoms with Crippen molar-refractivity contribution in [1.82, 2.24) is 4.98 Å². The molecule has 0 fully saturated rings. The van der Waals surface area contributed by atoms with Crippen LogP contribution in [0.5, 0.6) is 0 Å². The number of rotatable bonds is 7. The van der Waals surface area contributed by atoms with Crippen LogP contribution in [0.2, 0.25) is 0 Å². The molecule has 0 bridgehead atoms. The lowest BCUT2D eigenvalue weighted by Gasteiger charge is -2.28. The molecule has 0 amide bonds. The number of hydrogen-bond donors (Lipinski definition) is 3. The third-order valence-corrected chi connectivity index (χ3v) is 6.15. The molecule has 4 aromatic rings. The molecule has 3 aromatic carbocycles. The summed E-state index contributed by atoms with van der Waals surface area (Å²) in [6, 6.07) is 23.6. The minimum Gasteiger partial charge on any atom is -0.510 e. The first-order chi connectivity index (χ1) is 15.8. The number of aromatic nitrogens is 1. The topological polar surface area (TPSA) is 79.1 Å². The fraction of sp³-hybridized carbons (Fsp3) is 0.179. The maximum absolute atomic E-state index is 13.9. The van der Waals surface area contributed by atoms with Crippen LogP contribution < -0.4 is 5.73 Å². The molecule has 0 aliphatic carbocycles. The number of nitrogens with one attached hydrogen (secondary N) is 1. The fourth-order valence-corrected chi connectivity index (χ4v) is 4.45. The van der Waals surface area contributed by atoms with Gasteiger partial charge in [-0.3, -0.25) is 4.79 Å². The molecular formula is C28H27FN2O2. The second-order valence-corrected chi connectivity index (χ2v) is 8.70. The number of aliphatic hydroxyl groups is 1. The predicted molar refractivity (Wildman–Crippen MR) is 130 cm³/mol. The number of H-pyrrole nitrogens is 1. The molecule has 0 aliphatic heterocycles. The summed E-state index contributed by atoms with van der Waals surface area (Å²) in [5.41, 5.74) is 9.63. The monoisotopic (exact) mass is 442 g/mol. The second-order valence-electron chi connectivity index (χ2n) is 8.70. The third-order valence-electron chi connectivity index (χ3n) is 6.15. The number of allylic oxidation sites excluding steroid dienone is 1. The lowest BCUT2D eigenvalue weighted by molar-refractivity contribution is -0.105. The molecule has 1 heterocycles. The van der Waals surface area contributed by atoms with Crippen molar-refractivity contribution < 1.29 is 14.3 Å². The number of benzene rings is 3. The van der Waals surface area contributed by atoms with E-state index in [2.05, 4.69) is 4.98 Å². The zero-order valence-electron chi connectivity index (χ0n) is 18.7. The van der Waals surface area contributed by atoms with E-state index in [0.29, 0.717) is 18.4 Å². The fourth-order valence-electron chi connectivity index (χ4n) is 4.45. The van der Waals surface area contributed by atoms with Gasteiger partial charge in [-0.1, -0.05) is 60.7 Å². The highest BCUT2D eigenvalue weighted by molar-refractivity contribution is 5.87. The van der Waals surface area contributed by atoms with Crippen molar-refractivity contribution in [1.29, 1.82) is 0 Å². The third kappa shape index (κ3) is 4.45. The van der Waals surface area contributed by atoms with Gasteiger partial charge < -0.3 is 15.8 Å². The molecule has 0 saturated carbocycles. The number of hydrogen-bond acceptors (Lipinski definition) is 3. The maximum atomic E-state index is 13.9. The normalized spacial score (nSPS) is 15.0. The van der Waals surface area contributed by atoms with Gasteiger partial charge in [0.05, 0.1) is 11.5 Å². The number of aliphatic hydroxyl groups excluding tert-OH is 1. The maximum Gasteiger partial charge on any atom is 0.150 e. The zero-order valence-corrected chi connectivity index (χ0v) is 18.7. The summed E-state index contributed by atoms with van der Waals surface area (Å²) in [4.78, 5) is 15.8. The van der Waals surface area contributed by atoms with Gasteiger partial charge in [0, 0.05) is 22.2 Å². The molecule has 4 N–H and O–H groups in total. The molecule has 5 heteroatoms. The van der Waals surface area contributed by atoms with E-state index in [0.717, 1.165) is 27.6 Å². The number of nitrogens with two attached hydrogens (primary N) is 1. The van der Waals surface area contributed by atoms with Gasteiger partial charge in [0.1, 0.15) is 17.9 Å². The van der Waals surface area contributed by atoms with Crippen molar-refractivity contribution in [2.24, 2.45) is 5.73 Å². The molecule has 4 rings (SSSR count). The van der Waals surface area contributed by atoms with E-state index < -0.39 is 11.5 Å². The van der Waals surface area contributed by atoms with Crippen molar-refractivity contribution in [3.05, 3.63) is 118 Å². The number of carbonyl (C=O) groups excluding carboxylic acids is 1. The van der Waals surface area contributed by atoms with Crippen LogP contribution in [-0.4, -0.2) is 21.9 Å². The van der Waals surface area contributed by atoms with Crippen molar-refractivity contribution in [3.63, 3.8) is 0 Å². The Labute approximate surface area is 192 Å². The SMILES string of the molecule is Cc1c(C(/C(C=O)=C(\O)[C@](C)(N)Cc2ccccc2)c2ccccc2)[nH]c2ccc(F)cc12. The van der Waals surface area contributed by atoms with Crippen molar-refractivity contribution in [2.45, 2.75) is 31.7 Å². The van der Waals surface area contributed by atoms with Crippen LogP contribution >= 0.6 is 0 Å². The Kier molecular flexibility index (Phi) is 6.16. The molecule has 33 heavy (non-hydrogen) atoms. The minimum atomic E-state index is -1.17. The van der Waals surface area contributed by atoms with Crippen molar-refractivity contribution in [2.75, 3.05) is 0 Å². The van der Waals surface area contributed by atoms with Gasteiger partial charge in [0.25, 0.3) is 0 Å². The van der Waals surface area contributed by atoms with Gasteiger partial charge >= 0.3 is 0 Å². The lowest BCUT2D eigenvalue weighted by atomic mass is 9.81. The van der Waals surface area contributed by atoms with Crippen LogP contribution in [-0.2, 0) is 11.2 Å². The van der Waals surface area contributed by atoms with Crippen molar-refractivity contribution in [3.8, 4) is 0 Å². The number of aryl methyl sites for hydroxylation is 1. The molecule has 4 nitrogen and oxygen atoms in total. The lowest BCUT2D eigenvalue weighted by Crippen LogP contribution is -2.42. The van der Waals surface area contributed by atoms with Gasteiger partial charge in [-0.05, 0) is 55.2 Å². The number of carbonyl (C=O) groups is 1. The Balaban J connectivity index is 1.90. The average molecular weight is 443 g/mol. The van der Waals surface area contributed by atoms with Gasteiger partial charge in [0.2, 0.25) is 0 Å². The van der Waals surface area contributed by atoms with Gasteiger partial charge in [-0.2, -0.15) is 0 Å². The Morgan fingerprint density at radius 3 is 2.36 bits per heavy atom. The largest absolute Gasteiger partial charge is 0.510 e. The van der Waals surface area contributed by atoms with E-state index in [9.17, 15) is 14.3 Å². The molecule has 2 atom stereocenters. The summed E-state index contributed by atoms with van der Waals surface area (Å²) in [5.74, 6) is -1.10. The molecule has 1 unspecified atom stereocenters. The number of fused-ring (bicyclic) bond motifs is 1. The Morgan fingerprint density at radius 2 is 1.73 bits per heavy atom. The predicted octanol–water partition coefficient (Wildman–Crippen LogP) is 5.72. The quantitative estimate of drug-likeness (QED) is 0.195. The molecule has 0 aliphatic rings. The average Bonchev–Trinajstić information content (AvgIpc) is 3.13. The molecular weight excluding hydrogens is 415 g/mol. The first-order valence-electron chi connectivity index (χ1n) is 10.9. The first kappa shape index (κ1) is 22.5. The Bertz CT molecular complexity index is 1310. The van der Waals surface area contributed by atoms with Crippen LogP contribution in [0.4, 0.5) is 4.39 Å². The number of aromatic amines is 1. The van der Waals surface area contributed by atoms with Gasteiger partial charge in [-0.25, -0.2) is 4.39 Å². The zero-order chi connectivity index (χ0) is 23.6. The molecule has 0 radical (unpaired) electrons. The molecule has 168 valence electrons. The van der Waals surface area contributed by atoms with E-state index in [1.807, 2.05) is 67.6 Å². The van der Waals surface area contributed by atoms with E-state index in [1.54, 1.807) is 13.0 Å². The minimum absolute atomic E-state index is 0.167. The summed E-state index contributed by atoms with van der Waals surface area (Å²) in [5, 5.41) is 12.1. The molecule has 0 spiro atoms. The van der Waals surface area contributed by atoms with Crippen LogP contribution in [0.15, 0.2) is 90.2 Å². The standard InChI is InChI=1S/C28H27FN2O2/c1-18-22-15-21(29)13-14-24(22)31-26(18)25(20-11-7-4-8-12-20)23(17-32)27(33)28(2,30)16-19-9-5-3-6-10-19/h3-15,17,25,31,33H,16,30H2,1-2H3/b27-23-/t25?,28-/m1/s1. The number of halogens is 1. The second kappa shape index (κ2) is 9.04. The summed E-state index contributed by atoms with van der Waals surface area (Å²) in [6.45, 7) is 3.60. The highest BCUT2D eigenvalue weighted by Crippen LogP contribution is 2.38. The van der Waals surface area contributed by atoms with Gasteiger partial charge in [0.15, 0.2) is 0 Å². The Morgan fingerprint density at radius 1 is 1.09 bits per heavy atom. The van der Waals surface area contributed by atoms with Gasteiger partial charge in [-0.15, -0.1) is 0 Å². The highest BCUT2D eigenvalue weighted by Gasteiger charge is 2.33. The molecule has 0 saturated heterocycles. The summed E-state index contributed by atoms with van der Waals surface area (Å²) < 4.78 is 13.9. The van der Waals surface area contributed by atoms with E-state index in [-0.39, 0.29) is 17.1 Å². The smallest absolute Gasteiger partial charge is 0.150 e. The summed E-state index contributed by atoms with van der Waals surface area (Å²) in [6.07, 6.45) is 1.03. The summed E-state index contributed by atoms with van der Waals surface area (Å²) in [7, 11) is 0. The highest BCUT2D eigenvalue weighted by atomic mass is 19.1. The van der Waals surface area contributed by atoms with E-state index >= 15 is 0 Å². The van der Waals surface area contributed by atoms with Crippen molar-refractivity contribution >= 4 is 17.2 Å². The number of aldehydes is 1. The van der Waals surface area contributed by atoms with Crippen LogP contribution in [0.3, 0.4) is 0 Å². The van der Waals surface area contributed by atoms with Crippen LogP contribution in [0.1, 0.15) is 35.2 Å². The Hall–Kier alpha value is -3.70. The summed E-state index contributed by atoms with van der Waals surface area (Å²) >= 11 is 0.